The minimum atomic E-state index is -2.84. The first kappa shape index (κ1) is 21.5. The quantitative estimate of drug-likeness (QED) is 0.369. The number of hydrogen-bond acceptors (Lipinski definition) is 3. The Morgan fingerprint density at radius 1 is 1.38 bits per heavy atom. The minimum absolute atomic E-state index is 0. The van der Waals surface area contributed by atoms with Crippen LogP contribution in [0.1, 0.15) is 18.9 Å². The number of halogens is 2. The fraction of sp³-hybridized carbons (Fsp3) is 0.562. The van der Waals surface area contributed by atoms with Crippen LogP contribution in [0.15, 0.2) is 29.3 Å². The van der Waals surface area contributed by atoms with Crippen molar-refractivity contribution in [3.63, 3.8) is 0 Å². The molecular formula is C16H25ClIN3O2S. The lowest BCUT2D eigenvalue weighted by atomic mass is 10.1. The highest BCUT2D eigenvalue weighted by molar-refractivity contribution is 14.0. The van der Waals surface area contributed by atoms with E-state index in [4.69, 9.17) is 11.6 Å². The maximum atomic E-state index is 11.5. The van der Waals surface area contributed by atoms with Crippen molar-refractivity contribution in [3.05, 3.63) is 34.9 Å². The maximum absolute atomic E-state index is 11.5. The smallest absolute Gasteiger partial charge is 0.191 e. The molecule has 2 rings (SSSR count). The van der Waals surface area contributed by atoms with Crippen LogP contribution in [0.4, 0.5) is 0 Å². The molecule has 1 aliphatic rings. The molecule has 0 radical (unpaired) electrons. The van der Waals surface area contributed by atoms with Crippen LogP contribution in [-0.4, -0.2) is 45.5 Å². The number of benzene rings is 1. The van der Waals surface area contributed by atoms with E-state index in [2.05, 4.69) is 15.6 Å². The van der Waals surface area contributed by atoms with Gasteiger partial charge in [-0.25, -0.2) is 8.42 Å². The van der Waals surface area contributed by atoms with Gasteiger partial charge in [0, 0.05) is 24.7 Å². The Labute approximate surface area is 166 Å². The average molecular weight is 486 g/mol. The van der Waals surface area contributed by atoms with Crippen molar-refractivity contribution in [1.82, 2.24) is 10.6 Å². The molecule has 136 valence electrons. The molecule has 1 fully saturated rings. The van der Waals surface area contributed by atoms with Crippen molar-refractivity contribution < 1.29 is 8.42 Å². The fourth-order valence-corrected chi connectivity index (χ4v) is 4.66. The Bertz CT molecular complexity index is 652. The van der Waals surface area contributed by atoms with Gasteiger partial charge in [0.05, 0.1) is 11.5 Å². The fourth-order valence-electron chi connectivity index (χ4n) is 2.60. The van der Waals surface area contributed by atoms with Crippen molar-refractivity contribution in [2.45, 2.75) is 19.8 Å². The minimum Gasteiger partial charge on any atom is -0.357 e. The molecule has 1 unspecified atom stereocenters. The topological polar surface area (TPSA) is 70.6 Å². The average Bonchev–Trinajstić information content (AvgIpc) is 2.84. The summed E-state index contributed by atoms with van der Waals surface area (Å²) in [7, 11) is -2.84. The number of nitrogens with one attached hydrogen (secondary N) is 2. The predicted octanol–water partition coefficient (Wildman–Crippen LogP) is 2.49. The molecule has 0 bridgehead atoms. The summed E-state index contributed by atoms with van der Waals surface area (Å²) in [4.78, 5) is 4.51. The zero-order valence-corrected chi connectivity index (χ0v) is 17.7. The third-order valence-corrected chi connectivity index (χ3v) is 5.85. The van der Waals surface area contributed by atoms with Crippen LogP contribution >= 0.6 is 35.6 Å². The predicted molar refractivity (Wildman–Crippen MR) is 111 cm³/mol. The summed E-state index contributed by atoms with van der Waals surface area (Å²) in [5, 5.41) is 7.21. The normalized spacial score (nSPS) is 19.6. The Hall–Kier alpha value is -0.540. The summed E-state index contributed by atoms with van der Waals surface area (Å²) in [6, 6.07) is 7.80. The number of guanidine groups is 1. The highest BCUT2D eigenvalue weighted by Gasteiger charge is 2.27. The summed E-state index contributed by atoms with van der Waals surface area (Å²) < 4.78 is 23.0. The van der Waals surface area contributed by atoms with Crippen molar-refractivity contribution >= 4 is 51.4 Å². The summed E-state index contributed by atoms with van der Waals surface area (Å²) in [6.45, 7) is 4.07. The monoisotopic (exact) mass is 485 g/mol. The van der Waals surface area contributed by atoms with Crippen molar-refractivity contribution in [2.24, 2.45) is 10.9 Å². The first-order valence-electron chi connectivity index (χ1n) is 7.95. The molecule has 24 heavy (non-hydrogen) atoms. The van der Waals surface area contributed by atoms with Crippen LogP contribution in [0.2, 0.25) is 5.02 Å². The molecule has 1 saturated heterocycles. The Morgan fingerprint density at radius 2 is 2.17 bits per heavy atom. The van der Waals surface area contributed by atoms with Crippen LogP contribution in [0.3, 0.4) is 0 Å². The highest BCUT2D eigenvalue weighted by Crippen LogP contribution is 2.18. The van der Waals surface area contributed by atoms with Gasteiger partial charge >= 0.3 is 0 Å². The summed E-state index contributed by atoms with van der Waals surface area (Å²) in [5.74, 6) is 1.44. The van der Waals surface area contributed by atoms with Gasteiger partial charge in [-0.15, -0.1) is 24.0 Å². The lowest BCUT2D eigenvalue weighted by Gasteiger charge is -2.12. The van der Waals surface area contributed by atoms with E-state index in [0.29, 0.717) is 18.7 Å². The van der Waals surface area contributed by atoms with Gasteiger partial charge in [0.25, 0.3) is 0 Å². The van der Waals surface area contributed by atoms with E-state index in [1.165, 1.54) is 5.56 Å². The van der Waals surface area contributed by atoms with E-state index in [-0.39, 0.29) is 35.6 Å². The van der Waals surface area contributed by atoms with E-state index < -0.39 is 9.84 Å². The van der Waals surface area contributed by atoms with Gasteiger partial charge in [-0.1, -0.05) is 23.7 Å². The molecule has 0 saturated carbocycles. The third-order valence-electron chi connectivity index (χ3n) is 3.77. The number of nitrogens with zero attached hydrogens (tertiary/aromatic N) is 1. The molecule has 8 heteroatoms. The molecule has 1 aromatic rings. The van der Waals surface area contributed by atoms with Gasteiger partial charge < -0.3 is 10.6 Å². The largest absolute Gasteiger partial charge is 0.357 e. The number of aliphatic imine (C=N–C) groups is 1. The SMILES string of the molecule is CCNC(=NCC1CCS(=O)(=O)C1)NCCc1cccc(Cl)c1.I. The van der Waals surface area contributed by atoms with Crippen LogP contribution in [0, 0.1) is 5.92 Å². The third kappa shape index (κ3) is 7.57. The molecule has 1 atom stereocenters. The van der Waals surface area contributed by atoms with Crippen molar-refractivity contribution in [3.8, 4) is 0 Å². The molecule has 1 heterocycles. The van der Waals surface area contributed by atoms with E-state index in [1.54, 1.807) is 0 Å². The lowest BCUT2D eigenvalue weighted by Crippen LogP contribution is -2.38. The van der Waals surface area contributed by atoms with E-state index in [0.717, 1.165) is 30.5 Å². The highest BCUT2D eigenvalue weighted by atomic mass is 127. The first-order valence-corrected chi connectivity index (χ1v) is 10.2. The molecule has 0 aromatic heterocycles. The van der Waals surface area contributed by atoms with Gasteiger partial charge in [-0.2, -0.15) is 0 Å². The first-order chi connectivity index (χ1) is 11.0. The number of hydrogen-bond donors (Lipinski definition) is 2. The van der Waals surface area contributed by atoms with Gasteiger partial charge in [0.2, 0.25) is 0 Å². The van der Waals surface area contributed by atoms with E-state index in [9.17, 15) is 8.42 Å². The number of rotatable bonds is 6. The Kier molecular flexibility index (Phi) is 9.36. The molecule has 1 aromatic carbocycles. The van der Waals surface area contributed by atoms with Crippen molar-refractivity contribution in [2.75, 3.05) is 31.1 Å². The second kappa shape index (κ2) is 10.5. The Balaban J connectivity index is 0.00000288. The molecular weight excluding hydrogens is 461 g/mol. The standard InChI is InChI=1S/C16H24ClN3O2S.HI/c1-2-18-16(20-11-14-7-9-23(21,22)12-14)19-8-6-13-4-3-5-15(17)10-13;/h3-5,10,14H,2,6-9,11-12H2,1H3,(H2,18,19,20);1H. The van der Waals surface area contributed by atoms with Gasteiger partial charge in [-0.3, -0.25) is 4.99 Å². The summed E-state index contributed by atoms with van der Waals surface area (Å²) in [5.41, 5.74) is 1.17. The van der Waals surface area contributed by atoms with Crippen LogP contribution in [-0.2, 0) is 16.3 Å². The molecule has 2 N–H and O–H groups in total. The Morgan fingerprint density at radius 3 is 2.79 bits per heavy atom. The van der Waals surface area contributed by atoms with Gasteiger partial charge in [0.1, 0.15) is 0 Å². The van der Waals surface area contributed by atoms with Crippen molar-refractivity contribution in [1.29, 1.82) is 0 Å². The second-order valence-electron chi connectivity index (χ2n) is 5.80. The summed E-state index contributed by atoms with van der Waals surface area (Å²) in [6.07, 6.45) is 1.57. The molecule has 0 spiro atoms. The van der Waals surface area contributed by atoms with Crippen LogP contribution in [0.25, 0.3) is 0 Å². The molecule has 0 aliphatic carbocycles. The van der Waals surface area contributed by atoms with E-state index >= 15 is 0 Å². The molecule has 1 aliphatic heterocycles. The van der Waals surface area contributed by atoms with Gasteiger partial charge in [-0.05, 0) is 43.4 Å². The second-order valence-corrected chi connectivity index (χ2v) is 8.46. The van der Waals surface area contributed by atoms with Crippen LogP contribution in [0.5, 0.6) is 0 Å². The zero-order chi connectivity index (χ0) is 16.7. The van der Waals surface area contributed by atoms with Gasteiger partial charge in [0.15, 0.2) is 15.8 Å². The lowest BCUT2D eigenvalue weighted by molar-refractivity contribution is 0.589. The molecule has 5 nitrogen and oxygen atoms in total. The van der Waals surface area contributed by atoms with Crippen LogP contribution < -0.4 is 10.6 Å². The van der Waals surface area contributed by atoms with E-state index in [1.807, 2.05) is 31.2 Å². The summed E-state index contributed by atoms with van der Waals surface area (Å²) >= 11 is 5.98. The maximum Gasteiger partial charge on any atom is 0.191 e. The number of sulfone groups is 1. The zero-order valence-electron chi connectivity index (χ0n) is 13.8. The molecule has 0 amide bonds.